The quantitative estimate of drug-likeness (QED) is 0.553. The highest BCUT2D eigenvalue weighted by atomic mass is 32.2. The lowest BCUT2D eigenvalue weighted by Gasteiger charge is -2.04. The fourth-order valence-electron chi connectivity index (χ4n) is 1.26. The van der Waals surface area contributed by atoms with Crippen LogP contribution in [0.1, 0.15) is 59.3 Å². The Balaban J connectivity index is 3.12. The Morgan fingerprint density at radius 1 is 1.00 bits per heavy atom. The lowest BCUT2D eigenvalue weighted by Crippen LogP contribution is -2.09. The fraction of sp³-hybridized carbons (Fsp3) is 1.00. The van der Waals surface area contributed by atoms with E-state index in [-0.39, 0.29) is 0 Å². The molecule has 0 aromatic carbocycles. The molecule has 0 saturated carbocycles. The van der Waals surface area contributed by atoms with Gasteiger partial charge in [-0.1, -0.05) is 52.9 Å². The van der Waals surface area contributed by atoms with Gasteiger partial charge >= 0.3 is 0 Å². The van der Waals surface area contributed by atoms with E-state index in [1.54, 1.807) is 0 Å². The van der Waals surface area contributed by atoms with Crippen molar-refractivity contribution in [2.24, 2.45) is 0 Å². The Morgan fingerprint density at radius 3 is 2.08 bits per heavy atom. The maximum Gasteiger partial charge on any atom is 0.0291 e. The lowest BCUT2D eigenvalue weighted by molar-refractivity contribution is 0.621. The Labute approximate surface area is 85.8 Å². The Bertz CT molecular complexity index is 132. The number of unbranched alkanes of at least 4 members (excludes halogenated alkanes) is 5. The Hall–Kier alpha value is 0.150. The van der Waals surface area contributed by atoms with Gasteiger partial charge in [-0.2, -0.15) is 0 Å². The Morgan fingerprint density at radius 2 is 1.54 bits per heavy atom. The van der Waals surface area contributed by atoms with Gasteiger partial charge < -0.3 is 0 Å². The molecule has 0 amide bonds. The molecular formula is C11H24OS. The minimum absolute atomic E-state index is 0.343. The van der Waals surface area contributed by atoms with Crippen LogP contribution in [0.25, 0.3) is 0 Å². The second-order valence-electron chi connectivity index (χ2n) is 3.90. The van der Waals surface area contributed by atoms with E-state index in [1.807, 2.05) is 13.8 Å². The molecule has 0 aliphatic heterocycles. The van der Waals surface area contributed by atoms with Gasteiger partial charge in [0.15, 0.2) is 0 Å². The molecule has 2 heteroatoms. The summed E-state index contributed by atoms with van der Waals surface area (Å²) in [6, 6.07) is 0. The van der Waals surface area contributed by atoms with Crippen molar-refractivity contribution in [3.8, 4) is 0 Å². The van der Waals surface area contributed by atoms with Gasteiger partial charge in [0.1, 0.15) is 0 Å². The third kappa shape index (κ3) is 8.48. The summed E-state index contributed by atoms with van der Waals surface area (Å²) in [6.45, 7) is 6.30. The normalized spacial score (nSPS) is 13.5. The predicted molar refractivity (Wildman–Crippen MR) is 61.5 cm³/mol. The summed E-state index contributed by atoms with van der Waals surface area (Å²) >= 11 is 0. The first-order valence-corrected chi connectivity index (χ1v) is 6.93. The minimum Gasteiger partial charge on any atom is -0.259 e. The maximum atomic E-state index is 11.3. The van der Waals surface area contributed by atoms with E-state index in [0.717, 1.165) is 12.2 Å². The second kappa shape index (κ2) is 8.74. The monoisotopic (exact) mass is 204 g/mol. The highest BCUT2D eigenvalue weighted by Crippen LogP contribution is 2.06. The molecule has 13 heavy (non-hydrogen) atoms. The highest BCUT2D eigenvalue weighted by molar-refractivity contribution is 7.85. The standard InChI is InChI=1S/C11H24OS/c1-4-5-6-7-8-9-10-13(12)11(2)3/h11H,4-10H2,1-3H3. The summed E-state index contributed by atoms with van der Waals surface area (Å²) in [4.78, 5) is 0. The molecule has 80 valence electrons. The van der Waals surface area contributed by atoms with E-state index < -0.39 is 10.8 Å². The molecule has 0 radical (unpaired) electrons. The van der Waals surface area contributed by atoms with Gasteiger partial charge in [-0.05, 0) is 6.42 Å². The molecular weight excluding hydrogens is 180 g/mol. The average molecular weight is 204 g/mol. The molecule has 0 N–H and O–H groups in total. The first-order chi connectivity index (χ1) is 6.18. The van der Waals surface area contributed by atoms with Gasteiger partial charge in [0.25, 0.3) is 0 Å². The van der Waals surface area contributed by atoms with Crippen LogP contribution >= 0.6 is 0 Å². The molecule has 1 atom stereocenters. The second-order valence-corrected chi connectivity index (χ2v) is 6.01. The molecule has 0 rings (SSSR count). The molecule has 0 aromatic rings. The molecule has 1 nitrogen and oxygen atoms in total. The molecule has 0 spiro atoms. The molecule has 0 aromatic heterocycles. The first kappa shape index (κ1) is 13.2. The molecule has 0 fully saturated rings. The summed E-state index contributed by atoms with van der Waals surface area (Å²) in [5.74, 6) is 0.907. The van der Waals surface area contributed by atoms with Crippen LogP contribution in [-0.4, -0.2) is 15.2 Å². The van der Waals surface area contributed by atoms with E-state index in [2.05, 4.69) is 6.92 Å². The van der Waals surface area contributed by atoms with Crippen molar-refractivity contribution in [2.75, 3.05) is 5.75 Å². The largest absolute Gasteiger partial charge is 0.259 e. The topological polar surface area (TPSA) is 17.1 Å². The molecule has 0 heterocycles. The van der Waals surface area contributed by atoms with Crippen LogP contribution in [0.2, 0.25) is 0 Å². The third-order valence-corrected chi connectivity index (χ3v) is 3.97. The van der Waals surface area contributed by atoms with Crippen LogP contribution < -0.4 is 0 Å². The zero-order valence-electron chi connectivity index (χ0n) is 9.34. The SMILES string of the molecule is CCCCCCCCS(=O)C(C)C. The molecule has 0 aliphatic rings. The summed E-state index contributed by atoms with van der Waals surface area (Å²) in [5, 5.41) is 0.343. The van der Waals surface area contributed by atoms with Gasteiger partial charge in [0.05, 0.1) is 0 Å². The van der Waals surface area contributed by atoms with Gasteiger partial charge in [-0.15, -0.1) is 0 Å². The summed E-state index contributed by atoms with van der Waals surface area (Å²) < 4.78 is 11.3. The maximum absolute atomic E-state index is 11.3. The Kier molecular flexibility index (Phi) is 8.84. The number of hydrogen-bond acceptors (Lipinski definition) is 1. The van der Waals surface area contributed by atoms with E-state index in [1.165, 1.54) is 32.1 Å². The molecule has 1 unspecified atom stereocenters. The number of rotatable bonds is 8. The zero-order chi connectivity index (χ0) is 10.1. The average Bonchev–Trinajstić information content (AvgIpc) is 2.10. The molecule has 0 saturated heterocycles. The van der Waals surface area contributed by atoms with Gasteiger partial charge in [0.2, 0.25) is 0 Å². The van der Waals surface area contributed by atoms with Crippen molar-refractivity contribution in [2.45, 2.75) is 64.5 Å². The highest BCUT2D eigenvalue weighted by Gasteiger charge is 2.03. The fourth-order valence-corrected chi connectivity index (χ4v) is 2.22. The van der Waals surface area contributed by atoms with Crippen LogP contribution in [0, 0.1) is 0 Å². The van der Waals surface area contributed by atoms with E-state index in [4.69, 9.17) is 0 Å². The third-order valence-electron chi connectivity index (χ3n) is 2.22. The lowest BCUT2D eigenvalue weighted by atomic mass is 10.1. The van der Waals surface area contributed by atoms with Crippen molar-refractivity contribution in [3.05, 3.63) is 0 Å². The van der Waals surface area contributed by atoms with Gasteiger partial charge in [-0.25, -0.2) is 0 Å². The van der Waals surface area contributed by atoms with Crippen molar-refractivity contribution in [3.63, 3.8) is 0 Å². The molecule has 0 bridgehead atoms. The van der Waals surface area contributed by atoms with Crippen LogP contribution in [0.4, 0.5) is 0 Å². The smallest absolute Gasteiger partial charge is 0.0291 e. The van der Waals surface area contributed by atoms with Crippen molar-refractivity contribution >= 4 is 10.8 Å². The van der Waals surface area contributed by atoms with Crippen molar-refractivity contribution in [1.29, 1.82) is 0 Å². The van der Waals surface area contributed by atoms with E-state index in [0.29, 0.717) is 5.25 Å². The van der Waals surface area contributed by atoms with Crippen LogP contribution in [0.3, 0.4) is 0 Å². The van der Waals surface area contributed by atoms with Crippen molar-refractivity contribution < 1.29 is 4.21 Å². The zero-order valence-corrected chi connectivity index (χ0v) is 10.2. The summed E-state index contributed by atoms with van der Waals surface area (Å²) in [6.07, 6.45) is 7.74. The number of hydrogen-bond donors (Lipinski definition) is 0. The first-order valence-electron chi connectivity index (χ1n) is 5.55. The summed E-state index contributed by atoms with van der Waals surface area (Å²) in [7, 11) is -0.579. The van der Waals surface area contributed by atoms with Gasteiger partial charge in [0, 0.05) is 21.8 Å². The van der Waals surface area contributed by atoms with E-state index >= 15 is 0 Å². The minimum atomic E-state index is -0.579. The predicted octanol–water partition coefficient (Wildman–Crippen LogP) is 3.50. The van der Waals surface area contributed by atoms with Crippen molar-refractivity contribution in [1.82, 2.24) is 0 Å². The van der Waals surface area contributed by atoms with E-state index in [9.17, 15) is 4.21 Å². The van der Waals surface area contributed by atoms with Crippen LogP contribution in [0.15, 0.2) is 0 Å². The van der Waals surface area contributed by atoms with Gasteiger partial charge in [-0.3, -0.25) is 4.21 Å². The molecule has 0 aliphatic carbocycles. The van der Waals surface area contributed by atoms with Crippen LogP contribution in [-0.2, 0) is 10.8 Å². The van der Waals surface area contributed by atoms with Crippen LogP contribution in [0.5, 0.6) is 0 Å². The summed E-state index contributed by atoms with van der Waals surface area (Å²) in [5.41, 5.74) is 0.